The van der Waals surface area contributed by atoms with Crippen LogP contribution in [0.15, 0.2) is 57.7 Å². The van der Waals surface area contributed by atoms with E-state index in [0.29, 0.717) is 34.9 Å². The molecule has 34 heavy (non-hydrogen) atoms. The third-order valence-corrected chi connectivity index (χ3v) is 5.09. The SMILES string of the molecule is CCCc1c2nc(C(=O)[O-])cc(/C=C/c3ccccc3)c2cc2c(=O)cc(C(=O)[O-])oc12.[Na+].[Na+]. The second-order valence-corrected chi connectivity index (χ2v) is 7.27. The van der Waals surface area contributed by atoms with Crippen molar-refractivity contribution >= 4 is 46.0 Å². The second-order valence-electron chi connectivity index (χ2n) is 7.27. The van der Waals surface area contributed by atoms with Crippen molar-refractivity contribution in [2.24, 2.45) is 0 Å². The van der Waals surface area contributed by atoms with E-state index >= 15 is 0 Å². The van der Waals surface area contributed by atoms with Crippen LogP contribution in [0.25, 0.3) is 34.0 Å². The van der Waals surface area contributed by atoms with E-state index < -0.39 is 23.1 Å². The summed E-state index contributed by atoms with van der Waals surface area (Å²) in [5.74, 6) is -3.66. The number of aromatic nitrogens is 1. The van der Waals surface area contributed by atoms with Crippen molar-refractivity contribution in [3.63, 3.8) is 0 Å². The fourth-order valence-corrected chi connectivity index (χ4v) is 3.65. The van der Waals surface area contributed by atoms with Gasteiger partial charge in [0.25, 0.3) is 0 Å². The second kappa shape index (κ2) is 11.9. The topological polar surface area (TPSA) is 123 Å². The van der Waals surface area contributed by atoms with Crippen LogP contribution in [0.2, 0.25) is 0 Å². The number of pyridine rings is 1. The van der Waals surface area contributed by atoms with E-state index in [0.717, 1.165) is 11.6 Å². The van der Waals surface area contributed by atoms with Crippen LogP contribution in [-0.4, -0.2) is 16.9 Å². The van der Waals surface area contributed by atoms with E-state index in [1.54, 1.807) is 12.1 Å². The zero-order valence-corrected chi connectivity index (χ0v) is 23.1. The van der Waals surface area contributed by atoms with E-state index in [1.165, 1.54) is 6.07 Å². The number of rotatable bonds is 6. The van der Waals surface area contributed by atoms with Gasteiger partial charge >= 0.3 is 59.1 Å². The molecule has 0 aliphatic carbocycles. The van der Waals surface area contributed by atoms with Gasteiger partial charge in [-0.05, 0) is 29.7 Å². The van der Waals surface area contributed by atoms with Crippen molar-refractivity contribution in [3.05, 3.63) is 86.9 Å². The number of aromatic carboxylic acids is 2. The molecule has 9 heteroatoms. The number of aryl methyl sites for hydroxylation is 1. The molecule has 0 saturated carbocycles. The fraction of sp³-hybridized carbons (Fsp3) is 0.120. The molecule has 0 saturated heterocycles. The summed E-state index contributed by atoms with van der Waals surface area (Å²) in [6, 6.07) is 13.2. The number of benzene rings is 2. The molecule has 4 rings (SSSR count). The Morgan fingerprint density at radius 2 is 1.68 bits per heavy atom. The molecule has 0 atom stereocenters. The van der Waals surface area contributed by atoms with Gasteiger partial charge in [-0.2, -0.15) is 0 Å². The van der Waals surface area contributed by atoms with Crippen LogP contribution in [0.1, 0.15) is 51.1 Å². The zero-order chi connectivity index (χ0) is 22.8. The Hall–Kier alpha value is -2.26. The molecule has 0 bridgehead atoms. The number of carbonyl (C=O) groups is 2. The van der Waals surface area contributed by atoms with Gasteiger partial charge in [-0.3, -0.25) is 4.79 Å². The van der Waals surface area contributed by atoms with Gasteiger partial charge in [-0.1, -0.05) is 55.8 Å². The van der Waals surface area contributed by atoms with Gasteiger partial charge in [-0.15, -0.1) is 0 Å². The largest absolute Gasteiger partial charge is 1.00 e. The molecular weight excluding hydrogens is 456 g/mol. The normalized spacial score (nSPS) is 10.7. The number of carboxylic acid groups (broad SMARTS) is 2. The summed E-state index contributed by atoms with van der Waals surface area (Å²) in [5, 5.41) is 23.7. The predicted octanol–water partition coefficient (Wildman–Crippen LogP) is -3.80. The summed E-state index contributed by atoms with van der Waals surface area (Å²) in [4.78, 5) is 39.9. The van der Waals surface area contributed by atoms with Gasteiger partial charge < -0.3 is 24.2 Å². The summed E-state index contributed by atoms with van der Waals surface area (Å²) in [5.41, 5.74) is 1.45. The Labute approximate surface area is 239 Å². The maximum atomic E-state index is 12.7. The summed E-state index contributed by atoms with van der Waals surface area (Å²) in [6.07, 6.45) is 4.57. The molecule has 0 fully saturated rings. The first-order valence-electron chi connectivity index (χ1n) is 9.99. The quantitative estimate of drug-likeness (QED) is 0.208. The van der Waals surface area contributed by atoms with Crippen LogP contribution in [-0.2, 0) is 6.42 Å². The molecule has 2 aromatic carbocycles. The van der Waals surface area contributed by atoms with Crippen molar-refractivity contribution < 1.29 is 83.3 Å². The van der Waals surface area contributed by atoms with Gasteiger partial charge in [0.1, 0.15) is 11.6 Å². The average Bonchev–Trinajstić information content (AvgIpc) is 2.78. The summed E-state index contributed by atoms with van der Waals surface area (Å²) in [6.45, 7) is 1.89. The zero-order valence-electron chi connectivity index (χ0n) is 19.1. The van der Waals surface area contributed by atoms with Crippen molar-refractivity contribution in [3.8, 4) is 0 Å². The van der Waals surface area contributed by atoms with Gasteiger partial charge in [0.05, 0.1) is 22.6 Å². The van der Waals surface area contributed by atoms with Crippen LogP contribution in [0.4, 0.5) is 0 Å². The molecule has 2 heterocycles. The predicted molar refractivity (Wildman–Crippen MR) is 116 cm³/mol. The molecule has 0 radical (unpaired) electrons. The van der Waals surface area contributed by atoms with Crippen LogP contribution in [0, 0.1) is 0 Å². The summed E-state index contributed by atoms with van der Waals surface area (Å²) >= 11 is 0. The van der Waals surface area contributed by atoms with Crippen molar-refractivity contribution in [2.75, 3.05) is 0 Å². The van der Waals surface area contributed by atoms with Crippen molar-refractivity contribution in [1.29, 1.82) is 0 Å². The third kappa shape index (κ3) is 5.68. The first-order valence-corrected chi connectivity index (χ1v) is 9.99. The van der Waals surface area contributed by atoms with Crippen LogP contribution in [0.3, 0.4) is 0 Å². The number of nitrogens with zero attached hydrogens (tertiary/aromatic N) is 1. The standard InChI is InChI=1S/C25H19NO6.2Na/c1-2-6-16-22-17(12-18-20(27)13-21(25(30)31)32-23(16)18)15(11-19(26-22)24(28)29)10-9-14-7-4-3-5-8-14;;/h3-5,7-13H,2,6H2,1H3,(H,28,29)(H,30,31);;/q;2*+1/p-2/b10-9+;;. The number of hydrogen-bond acceptors (Lipinski definition) is 7. The van der Waals surface area contributed by atoms with E-state index in [4.69, 9.17) is 4.42 Å². The Morgan fingerprint density at radius 3 is 2.29 bits per heavy atom. The molecular formula is C25H17NNa2O6. The van der Waals surface area contributed by atoms with Gasteiger partial charge in [-0.25, -0.2) is 4.98 Å². The minimum atomic E-state index is -1.62. The molecule has 0 spiro atoms. The number of fused-ring (bicyclic) bond motifs is 2. The van der Waals surface area contributed by atoms with Crippen LogP contribution < -0.4 is 74.8 Å². The number of hydrogen-bond donors (Lipinski definition) is 0. The van der Waals surface area contributed by atoms with Crippen molar-refractivity contribution in [1.82, 2.24) is 4.98 Å². The minimum absolute atomic E-state index is 0. The molecule has 0 aliphatic heterocycles. The van der Waals surface area contributed by atoms with E-state index in [1.807, 2.05) is 43.3 Å². The Balaban J connectivity index is 0.00000204. The monoisotopic (exact) mass is 473 g/mol. The summed E-state index contributed by atoms with van der Waals surface area (Å²) in [7, 11) is 0. The number of carboxylic acids is 2. The maximum Gasteiger partial charge on any atom is 1.00 e. The molecule has 160 valence electrons. The van der Waals surface area contributed by atoms with E-state index in [2.05, 4.69) is 4.98 Å². The first-order chi connectivity index (χ1) is 15.4. The van der Waals surface area contributed by atoms with Gasteiger partial charge in [0, 0.05) is 17.0 Å². The van der Waals surface area contributed by atoms with Gasteiger partial charge in [0.15, 0.2) is 11.2 Å². The molecule has 0 N–H and O–H groups in total. The Kier molecular flexibility index (Phi) is 9.82. The Bertz CT molecular complexity index is 1460. The fourth-order valence-electron chi connectivity index (χ4n) is 3.65. The molecule has 0 amide bonds. The first kappa shape index (κ1) is 28.0. The molecule has 2 aromatic heterocycles. The van der Waals surface area contributed by atoms with Crippen LogP contribution in [0.5, 0.6) is 0 Å². The molecule has 4 aromatic rings. The smallest absolute Gasteiger partial charge is 0.543 e. The Morgan fingerprint density at radius 1 is 0.971 bits per heavy atom. The molecule has 7 nitrogen and oxygen atoms in total. The van der Waals surface area contributed by atoms with E-state index in [-0.39, 0.29) is 75.8 Å². The number of carbonyl (C=O) groups excluding carboxylic acids is 2. The molecule has 0 aliphatic rings. The summed E-state index contributed by atoms with van der Waals surface area (Å²) < 4.78 is 5.48. The molecule has 0 unspecified atom stereocenters. The average molecular weight is 473 g/mol. The third-order valence-electron chi connectivity index (χ3n) is 5.09. The van der Waals surface area contributed by atoms with Crippen LogP contribution >= 0.6 is 0 Å². The minimum Gasteiger partial charge on any atom is -0.543 e. The van der Waals surface area contributed by atoms with Gasteiger partial charge in [0.2, 0.25) is 0 Å². The van der Waals surface area contributed by atoms with Crippen molar-refractivity contribution in [2.45, 2.75) is 19.8 Å². The maximum absolute atomic E-state index is 12.7. The van der Waals surface area contributed by atoms with E-state index in [9.17, 15) is 24.6 Å².